The number of aromatic amines is 1. The molecule has 20 heavy (non-hydrogen) atoms. The number of fused-ring (bicyclic) bond motifs is 3. The van der Waals surface area contributed by atoms with E-state index in [1.54, 1.807) is 6.20 Å². The molecule has 4 rings (SSSR count). The van der Waals surface area contributed by atoms with E-state index >= 15 is 0 Å². The van der Waals surface area contributed by atoms with Crippen LogP contribution in [0.1, 0.15) is 5.89 Å². The SMILES string of the molecule is [c]1c(OCc2ncco2)ccc2c1[nH]c1ccccc12. The van der Waals surface area contributed by atoms with Crippen molar-refractivity contribution in [1.29, 1.82) is 0 Å². The summed E-state index contributed by atoms with van der Waals surface area (Å²) in [5, 5.41) is 2.34. The number of H-pyrrole nitrogens is 1. The van der Waals surface area contributed by atoms with Gasteiger partial charge in [-0.3, -0.25) is 0 Å². The van der Waals surface area contributed by atoms with E-state index in [1.807, 2.05) is 24.3 Å². The Morgan fingerprint density at radius 3 is 3.00 bits per heavy atom. The second-order valence-electron chi connectivity index (χ2n) is 4.50. The summed E-state index contributed by atoms with van der Waals surface area (Å²) in [6.07, 6.45) is 3.13. The van der Waals surface area contributed by atoms with Crippen LogP contribution in [0, 0.1) is 6.07 Å². The second kappa shape index (κ2) is 4.42. The summed E-state index contributed by atoms with van der Waals surface area (Å²) in [7, 11) is 0. The molecule has 2 aromatic carbocycles. The Morgan fingerprint density at radius 2 is 2.10 bits per heavy atom. The van der Waals surface area contributed by atoms with E-state index in [-0.39, 0.29) is 0 Å². The van der Waals surface area contributed by atoms with Crippen molar-refractivity contribution in [1.82, 2.24) is 9.97 Å². The van der Waals surface area contributed by atoms with Gasteiger partial charge in [-0.05, 0) is 18.2 Å². The van der Waals surface area contributed by atoms with Crippen LogP contribution >= 0.6 is 0 Å². The van der Waals surface area contributed by atoms with Crippen molar-refractivity contribution >= 4 is 21.8 Å². The Labute approximate surface area is 115 Å². The summed E-state index contributed by atoms with van der Waals surface area (Å²) in [4.78, 5) is 7.35. The van der Waals surface area contributed by atoms with Crippen LogP contribution in [-0.2, 0) is 6.61 Å². The van der Waals surface area contributed by atoms with Gasteiger partial charge in [-0.25, -0.2) is 4.98 Å². The van der Waals surface area contributed by atoms with Gasteiger partial charge in [0.15, 0.2) is 6.61 Å². The maximum atomic E-state index is 5.62. The minimum Gasteiger partial charge on any atom is -0.483 e. The average Bonchev–Trinajstić information content (AvgIpc) is 3.12. The van der Waals surface area contributed by atoms with Gasteiger partial charge in [0, 0.05) is 16.3 Å². The molecule has 0 aliphatic rings. The molecule has 0 amide bonds. The fraction of sp³-hybridized carbons (Fsp3) is 0.0625. The third-order valence-corrected chi connectivity index (χ3v) is 3.23. The normalized spacial score (nSPS) is 11.2. The van der Waals surface area contributed by atoms with E-state index in [4.69, 9.17) is 9.15 Å². The molecule has 0 spiro atoms. The first-order chi connectivity index (χ1) is 9.90. The lowest BCUT2D eigenvalue weighted by Crippen LogP contribution is -1.95. The fourth-order valence-corrected chi connectivity index (χ4v) is 2.31. The number of para-hydroxylation sites is 1. The van der Waals surface area contributed by atoms with Gasteiger partial charge in [-0.1, -0.05) is 18.2 Å². The first-order valence-electron chi connectivity index (χ1n) is 6.34. The molecule has 4 nitrogen and oxygen atoms in total. The average molecular weight is 263 g/mol. The fourth-order valence-electron chi connectivity index (χ4n) is 2.31. The predicted molar refractivity (Wildman–Crippen MR) is 75.5 cm³/mol. The molecule has 2 heterocycles. The molecule has 0 saturated heterocycles. The molecular weight excluding hydrogens is 252 g/mol. The van der Waals surface area contributed by atoms with E-state index in [0.29, 0.717) is 18.2 Å². The number of nitrogens with zero attached hydrogens (tertiary/aromatic N) is 1. The highest BCUT2D eigenvalue weighted by atomic mass is 16.5. The highest BCUT2D eigenvalue weighted by Gasteiger charge is 2.06. The molecule has 4 aromatic rings. The van der Waals surface area contributed by atoms with E-state index in [0.717, 1.165) is 16.4 Å². The summed E-state index contributed by atoms with van der Waals surface area (Å²) in [6.45, 7) is 0.301. The Morgan fingerprint density at radius 1 is 1.15 bits per heavy atom. The lowest BCUT2D eigenvalue weighted by atomic mass is 10.1. The van der Waals surface area contributed by atoms with E-state index in [9.17, 15) is 0 Å². The maximum absolute atomic E-state index is 5.62. The number of hydrogen-bond donors (Lipinski definition) is 1. The lowest BCUT2D eigenvalue weighted by molar-refractivity contribution is 0.263. The zero-order chi connectivity index (χ0) is 13.4. The molecule has 0 aliphatic heterocycles. The standard InChI is InChI=1S/C16H11N2O2/c1-2-4-14-12(3-1)13-6-5-11(9-15(13)18-14)20-10-16-17-7-8-19-16/h1-8,18H,10H2. The zero-order valence-corrected chi connectivity index (χ0v) is 10.6. The molecule has 1 N–H and O–H groups in total. The topological polar surface area (TPSA) is 51.1 Å². The molecule has 0 aliphatic carbocycles. The van der Waals surface area contributed by atoms with Crippen LogP contribution in [0.5, 0.6) is 5.75 Å². The molecule has 0 fully saturated rings. The van der Waals surface area contributed by atoms with Gasteiger partial charge in [-0.2, -0.15) is 0 Å². The molecule has 0 unspecified atom stereocenters. The largest absolute Gasteiger partial charge is 0.483 e. The van der Waals surface area contributed by atoms with Crippen LogP contribution in [-0.4, -0.2) is 9.97 Å². The molecule has 2 aromatic heterocycles. The van der Waals surface area contributed by atoms with Crippen molar-refractivity contribution in [3.05, 3.63) is 60.8 Å². The van der Waals surface area contributed by atoms with Crippen molar-refractivity contribution in [2.24, 2.45) is 0 Å². The van der Waals surface area contributed by atoms with Crippen molar-refractivity contribution in [3.63, 3.8) is 0 Å². The monoisotopic (exact) mass is 263 g/mol. The van der Waals surface area contributed by atoms with E-state index in [2.05, 4.69) is 28.2 Å². The first kappa shape index (κ1) is 11.1. The van der Waals surface area contributed by atoms with E-state index in [1.165, 1.54) is 11.6 Å². The van der Waals surface area contributed by atoms with Crippen LogP contribution < -0.4 is 4.74 Å². The first-order valence-corrected chi connectivity index (χ1v) is 6.34. The summed E-state index contributed by atoms with van der Waals surface area (Å²) >= 11 is 0. The molecule has 0 atom stereocenters. The predicted octanol–water partition coefficient (Wildman–Crippen LogP) is 3.69. The smallest absolute Gasteiger partial charge is 0.232 e. The van der Waals surface area contributed by atoms with Gasteiger partial charge < -0.3 is 14.1 Å². The maximum Gasteiger partial charge on any atom is 0.232 e. The Kier molecular flexibility index (Phi) is 2.45. The lowest BCUT2D eigenvalue weighted by Gasteiger charge is -2.02. The molecule has 1 radical (unpaired) electrons. The summed E-state index contributed by atoms with van der Waals surface area (Å²) < 4.78 is 10.8. The number of rotatable bonds is 3. The van der Waals surface area contributed by atoms with E-state index < -0.39 is 0 Å². The molecule has 0 bridgehead atoms. The minimum absolute atomic E-state index is 0.301. The van der Waals surface area contributed by atoms with Crippen molar-refractivity contribution in [2.45, 2.75) is 6.61 Å². The molecule has 4 heteroatoms. The number of nitrogens with one attached hydrogen (secondary N) is 1. The molecule has 0 saturated carbocycles. The van der Waals surface area contributed by atoms with Gasteiger partial charge in [-0.15, -0.1) is 0 Å². The molecule has 97 valence electrons. The summed E-state index contributed by atoms with van der Waals surface area (Å²) in [5.41, 5.74) is 2.04. The Bertz CT molecular complexity index is 863. The van der Waals surface area contributed by atoms with Crippen LogP contribution in [0.25, 0.3) is 21.8 Å². The Balaban J connectivity index is 1.69. The minimum atomic E-state index is 0.301. The zero-order valence-electron chi connectivity index (χ0n) is 10.6. The van der Waals surface area contributed by atoms with Crippen LogP contribution in [0.2, 0.25) is 0 Å². The van der Waals surface area contributed by atoms with Crippen LogP contribution in [0.15, 0.2) is 53.3 Å². The Hall–Kier alpha value is -2.75. The quantitative estimate of drug-likeness (QED) is 0.613. The number of hydrogen-bond acceptors (Lipinski definition) is 3. The van der Waals surface area contributed by atoms with Gasteiger partial charge in [0.1, 0.15) is 12.0 Å². The number of aromatic nitrogens is 2. The highest BCUT2D eigenvalue weighted by molar-refractivity contribution is 6.07. The summed E-state index contributed by atoms with van der Waals surface area (Å²) in [6, 6.07) is 15.4. The van der Waals surface area contributed by atoms with Crippen LogP contribution in [0.4, 0.5) is 0 Å². The third kappa shape index (κ3) is 1.82. The van der Waals surface area contributed by atoms with Crippen molar-refractivity contribution < 1.29 is 9.15 Å². The van der Waals surface area contributed by atoms with Gasteiger partial charge in [0.25, 0.3) is 0 Å². The van der Waals surface area contributed by atoms with Gasteiger partial charge in [0.2, 0.25) is 5.89 Å². The van der Waals surface area contributed by atoms with Crippen molar-refractivity contribution in [3.8, 4) is 5.75 Å². The second-order valence-corrected chi connectivity index (χ2v) is 4.50. The number of oxazole rings is 1. The third-order valence-electron chi connectivity index (χ3n) is 3.23. The number of ether oxygens (including phenoxy) is 1. The van der Waals surface area contributed by atoms with Gasteiger partial charge in [0.05, 0.1) is 17.8 Å². The number of benzene rings is 2. The highest BCUT2D eigenvalue weighted by Crippen LogP contribution is 2.27. The van der Waals surface area contributed by atoms with Gasteiger partial charge >= 0.3 is 0 Å². The van der Waals surface area contributed by atoms with Crippen LogP contribution in [0.3, 0.4) is 0 Å². The summed E-state index contributed by atoms with van der Waals surface area (Å²) in [5.74, 6) is 1.22. The molecular formula is C16H11N2O2. The van der Waals surface area contributed by atoms with Crippen molar-refractivity contribution in [2.75, 3.05) is 0 Å².